The second-order valence-electron chi connectivity index (χ2n) is 4.92. The van der Waals surface area contributed by atoms with Crippen molar-refractivity contribution in [3.05, 3.63) is 59.2 Å². The molecule has 112 valence electrons. The van der Waals surface area contributed by atoms with Crippen molar-refractivity contribution in [3.8, 4) is 5.75 Å². The van der Waals surface area contributed by atoms with Crippen molar-refractivity contribution < 1.29 is 19.1 Å². The van der Waals surface area contributed by atoms with E-state index in [1.54, 1.807) is 36.3 Å². The summed E-state index contributed by atoms with van der Waals surface area (Å²) in [4.78, 5) is 26.2. The highest BCUT2D eigenvalue weighted by molar-refractivity contribution is 6.15. The number of fused-ring (bicyclic) bond motifs is 1. The molecule has 0 saturated carbocycles. The molecule has 1 amide bonds. The highest BCUT2D eigenvalue weighted by Crippen LogP contribution is 2.31. The lowest BCUT2D eigenvalue weighted by atomic mass is 10.0. The van der Waals surface area contributed by atoms with Crippen LogP contribution in [-0.4, -0.2) is 26.1 Å². The molecule has 1 aliphatic heterocycles. The van der Waals surface area contributed by atoms with Gasteiger partial charge in [0.2, 0.25) is 0 Å². The number of hydrogen-bond donors (Lipinski definition) is 0. The molecule has 1 aliphatic rings. The molecule has 0 N–H and O–H groups in total. The predicted molar refractivity (Wildman–Crippen MR) is 81.3 cm³/mol. The first-order valence-corrected chi connectivity index (χ1v) is 6.82. The Bertz CT molecular complexity index is 737. The van der Waals surface area contributed by atoms with Gasteiger partial charge in [0.1, 0.15) is 5.75 Å². The van der Waals surface area contributed by atoms with Gasteiger partial charge in [-0.1, -0.05) is 12.1 Å². The third-order valence-electron chi connectivity index (χ3n) is 3.73. The van der Waals surface area contributed by atoms with Gasteiger partial charge in [-0.15, -0.1) is 0 Å². The van der Waals surface area contributed by atoms with Crippen LogP contribution in [0.15, 0.2) is 42.5 Å². The van der Waals surface area contributed by atoms with Gasteiger partial charge in [-0.25, -0.2) is 4.79 Å². The fourth-order valence-electron chi connectivity index (χ4n) is 2.61. The standard InChI is InChI=1S/C17H15NO4/c1-21-13-8-6-12(7-9-13)18-10-11-4-3-5-14(17(20)22-2)15(11)16(18)19/h3-9H,10H2,1-2H3. The maximum absolute atomic E-state index is 12.7. The molecular formula is C17H15NO4. The van der Waals surface area contributed by atoms with Gasteiger partial charge in [-0.05, 0) is 35.9 Å². The molecule has 0 bridgehead atoms. The molecule has 0 aliphatic carbocycles. The normalized spacial score (nSPS) is 13.0. The van der Waals surface area contributed by atoms with E-state index in [1.165, 1.54) is 7.11 Å². The maximum atomic E-state index is 12.7. The molecule has 2 aromatic rings. The van der Waals surface area contributed by atoms with Gasteiger partial charge < -0.3 is 14.4 Å². The number of rotatable bonds is 3. The average molecular weight is 297 g/mol. The van der Waals surface area contributed by atoms with Gasteiger partial charge in [0.25, 0.3) is 5.91 Å². The topological polar surface area (TPSA) is 55.8 Å². The number of hydrogen-bond acceptors (Lipinski definition) is 4. The molecule has 3 rings (SSSR count). The fourth-order valence-corrected chi connectivity index (χ4v) is 2.61. The van der Waals surface area contributed by atoms with Gasteiger partial charge in [0.05, 0.1) is 31.9 Å². The van der Waals surface area contributed by atoms with Crippen LogP contribution in [0.25, 0.3) is 0 Å². The van der Waals surface area contributed by atoms with Crippen LogP contribution in [0.2, 0.25) is 0 Å². The Morgan fingerprint density at radius 1 is 1.09 bits per heavy atom. The van der Waals surface area contributed by atoms with Crippen LogP contribution in [0.5, 0.6) is 5.75 Å². The zero-order valence-corrected chi connectivity index (χ0v) is 12.3. The van der Waals surface area contributed by atoms with Crippen LogP contribution in [0.3, 0.4) is 0 Å². The van der Waals surface area contributed by atoms with Gasteiger partial charge in [0, 0.05) is 5.69 Å². The SMILES string of the molecule is COC(=O)c1cccc2c1C(=O)N(c1ccc(OC)cc1)C2. The minimum Gasteiger partial charge on any atom is -0.497 e. The number of benzene rings is 2. The average Bonchev–Trinajstić information content (AvgIpc) is 2.91. The van der Waals surface area contributed by atoms with Crippen LogP contribution in [-0.2, 0) is 11.3 Å². The van der Waals surface area contributed by atoms with Crippen LogP contribution in [0.1, 0.15) is 26.3 Å². The molecule has 0 saturated heterocycles. The molecule has 0 fully saturated rings. The number of anilines is 1. The smallest absolute Gasteiger partial charge is 0.338 e. The van der Waals surface area contributed by atoms with Crippen LogP contribution < -0.4 is 9.64 Å². The molecule has 0 atom stereocenters. The molecule has 5 heteroatoms. The summed E-state index contributed by atoms with van der Waals surface area (Å²) in [6.07, 6.45) is 0. The van der Waals surface area contributed by atoms with Crippen molar-refractivity contribution in [2.75, 3.05) is 19.1 Å². The molecular weight excluding hydrogens is 282 g/mol. The van der Waals surface area contributed by atoms with Crippen molar-refractivity contribution in [1.29, 1.82) is 0 Å². The summed E-state index contributed by atoms with van der Waals surface area (Å²) in [5.41, 5.74) is 2.31. The van der Waals surface area contributed by atoms with Crippen LogP contribution >= 0.6 is 0 Å². The molecule has 0 unspecified atom stereocenters. The monoisotopic (exact) mass is 297 g/mol. The number of carbonyl (C=O) groups is 2. The Morgan fingerprint density at radius 3 is 2.45 bits per heavy atom. The number of amides is 1. The van der Waals surface area contributed by atoms with Crippen molar-refractivity contribution in [2.45, 2.75) is 6.54 Å². The van der Waals surface area contributed by atoms with Crippen molar-refractivity contribution in [2.24, 2.45) is 0 Å². The van der Waals surface area contributed by atoms with Crippen molar-refractivity contribution >= 4 is 17.6 Å². The Balaban J connectivity index is 1.98. The summed E-state index contributed by atoms with van der Waals surface area (Å²) in [7, 11) is 2.90. The van der Waals surface area contributed by atoms with Gasteiger partial charge in [-0.3, -0.25) is 4.79 Å². The fraction of sp³-hybridized carbons (Fsp3) is 0.176. The lowest BCUT2D eigenvalue weighted by molar-refractivity contribution is 0.0597. The predicted octanol–water partition coefficient (Wildman–Crippen LogP) is 2.64. The Labute approximate surface area is 128 Å². The second-order valence-corrected chi connectivity index (χ2v) is 4.92. The first kappa shape index (κ1) is 14.1. The molecule has 0 spiro atoms. The van der Waals surface area contributed by atoms with Crippen LogP contribution in [0, 0.1) is 0 Å². The first-order chi connectivity index (χ1) is 10.7. The van der Waals surface area contributed by atoms with Gasteiger partial charge >= 0.3 is 5.97 Å². The molecule has 1 heterocycles. The Morgan fingerprint density at radius 2 is 1.82 bits per heavy atom. The van der Waals surface area contributed by atoms with E-state index in [9.17, 15) is 9.59 Å². The Hall–Kier alpha value is -2.82. The number of esters is 1. The highest BCUT2D eigenvalue weighted by Gasteiger charge is 2.32. The number of ether oxygens (including phenoxy) is 2. The van der Waals surface area contributed by atoms with E-state index in [-0.39, 0.29) is 5.91 Å². The highest BCUT2D eigenvalue weighted by atomic mass is 16.5. The van der Waals surface area contributed by atoms with E-state index < -0.39 is 5.97 Å². The summed E-state index contributed by atoms with van der Waals surface area (Å²) < 4.78 is 9.88. The van der Waals surface area contributed by atoms with E-state index in [0.717, 1.165) is 17.0 Å². The van der Waals surface area contributed by atoms with E-state index >= 15 is 0 Å². The molecule has 0 radical (unpaired) electrons. The van der Waals surface area contributed by atoms with Gasteiger partial charge in [0.15, 0.2) is 0 Å². The van der Waals surface area contributed by atoms with E-state index in [4.69, 9.17) is 9.47 Å². The summed E-state index contributed by atoms with van der Waals surface area (Å²) in [5.74, 6) is 0.0334. The minimum atomic E-state index is -0.498. The Kier molecular flexibility index (Phi) is 3.55. The van der Waals surface area contributed by atoms with E-state index in [2.05, 4.69) is 0 Å². The summed E-state index contributed by atoms with van der Waals surface area (Å²) in [6, 6.07) is 12.5. The number of carbonyl (C=O) groups excluding carboxylic acids is 2. The van der Waals surface area contributed by atoms with Crippen molar-refractivity contribution in [3.63, 3.8) is 0 Å². The largest absolute Gasteiger partial charge is 0.497 e. The quantitative estimate of drug-likeness (QED) is 0.817. The number of methoxy groups -OCH3 is 2. The molecule has 22 heavy (non-hydrogen) atoms. The maximum Gasteiger partial charge on any atom is 0.338 e. The molecule has 0 aromatic heterocycles. The number of nitrogens with zero attached hydrogens (tertiary/aromatic N) is 1. The van der Waals surface area contributed by atoms with E-state index in [0.29, 0.717) is 17.7 Å². The zero-order valence-electron chi connectivity index (χ0n) is 12.3. The summed E-state index contributed by atoms with van der Waals surface area (Å²) in [5, 5.41) is 0. The zero-order chi connectivity index (χ0) is 15.7. The molecule has 5 nitrogen and oxygen atoms in total. The van der Waals surface area contributed by atoms with E-state index in [1.807, 2.05) is 18.2 Å². The second kappa shape index (κ2) is 5.52. The summed E-state index contributed by atoms with van der Waals surface area (Å²) in [6.45, 7) is 0.436. The minimum absolute atomic E-state index is 0.193. The third kappa shape index (κ3) is 2.20. The lowest BCUT2D eigenvalue weighted by Gasteiger charge is -2.16. The third-order valence-corrected chi connectivity index (χ3v) is 3.73. The summed E-state index contributed by atoms with van der Waals surface area (Å²) >= 11 is 0. The first-order valence-electron chi connectivity index (χ1n) is 6.82. The van der Waals surface area contributed by atoms with Crippen molar-refractivity contribution in [1.82, 2.24) is 0 Å². The van der Waals surface area contributed by atoms with Gasteiger partial charge in [-0.2, -0.15) is 0 Å². The molecule has 2 aromatic carbocycles. The lowest BCUT2D eigenvalue weighted by Crippen LogP contribution is -2.24. The van der Waals surface area contributed by atoms with Crippen LogP contribution in [0.4, 0.5) is 5.69 Å².